The SMILES string of the molecule is CCOC(=O)C(C(=O)N1CCN(CC)C(C)C1)C(C)(C)C. The van der Waals surface area contributed by atoms with E-state index in [1.807, 2.05) is 25.7 Å². The van der Waals surface area contributed by atoms with Gasteiger partial charge in [-0.15, -0.1) is 0 Å². The standard InChI is InChI=1S/C16H30N2O3/c1-7-17-9-10-18(11-12(17)3)14(19)13(16(4,5)6)15(20)21-8-2/h12-13H,7-11H2,1-6H3. The average Bonchev–Trinajstić information content (AvgIpc) is 2.37. The predicted octanol–water partition coefficient (Wildman–Crippen LogP) is 1.76. The number of hydrogen-bond donors (Lipinski definition) is 0. The second-order valence-electron chi connectivity index (χ2n) is 6.81. The number of esters is 1. The van der Waals surface area contributed by atoms with Gasteiger partial charge in [-0.05, 0) is 25.8 Å². The Hall–Kier alpha value is -1.10. The van der Waals surface area contributed by atoms with Gasteiger partial charge in [-0.25, -0.2) is 0 Å². The van der Waals surface area contributed by atoms with Crippen LogP contribution in [-0.2, 0) is 14.3 Å². The van der Waals surface area contributed by atoms with E-state index in [1.165, 1.54) is 0 Å². The molecule has 0 saturated carbocycles. The first kappa shape index (κ1) is 18.0. The highest BCUT2D eigenvalue weighted by Crippen LogP contribution is 2.29. The number of carbonyl (C=O) groups excluding carboxylic acids is 2. The zero-order valence-electron chi connectivity index (χ0n) is 14.3. The van der Waals surface area contributed by atoms with E-state index in [0.29, 0.717) is 25.7 Å². The molecule has 2 unspecified atom stereocenters. The topological polar surface area (TPSA) is 49.9 Å². The molecule has 21 heavy (non-hydrogen) atoms. The molecule has 0 aromatic heterocycles. The van der Waals surface area contributed by atoms with Crippen molar-refractivity contribution in [1.29, 1.82) is 0 Å². The Morgan fingerprint density at radius 1 is 1.24 bits per heavy atom. The number of carbonyl (C=O) groups is 2. The number of amides is 1. The number of hydrogen-bond acceptors (Lipinski definition) is 4. The second-order valence-corrected chi connectivity index (χ2v) is 6.81. The number of nitrogens with zero attached hydrogens (tertiary/aromatic N) is 2. The van der Waals surface area contributed by atoms with Crippen molar-refractivity contribution in [2.24, 2.45) is 11.3 Å². The molecule has 1 rings (SSSR count). The Morgan fingerprint density at radius 2 is 1.86 bits per heavy atom. The van der Waals surface area contributed by atoms with E-state index in [2.05, 4.69) is 18.7 Å². The fraction of sp³-hybridized carbons (Fsp3) is 0.875. The van der Waals surface area contributed by atoms with E-state index in [1.54, 1.807) is 6.92 Å². The van der Waals surface area contributed by atoms with Gasteiger partial charge in [0.2, 0.25) is 5.91 Å². The minimum Gasteiger partial charge on any atom is -0.465 e. The van der Waals surface area contributed by atoms with Gasteiger partial charge >= 0.3 is 5.97 Å². The van der Waals surface area contributed by atoms with Crippen LogP contribution in [0.1, 0.15) is 41.5 Å². The third kappa shape index (κ3) is 4.43. The van der Waals surface area contributed by atoms with E-state index in [-0.39, 0.29) is 5.91 Å². The first-order valence-corrected chi connectivity index (χ1v) is 7.91. The highest BCUT2D eigenvalue weighted by atomic mass is 16.5. The van der Waals surface area contributed by atoms with Crippen molar-refractivity contribution in [3.05, 3.63) is 0 Å². The summed E-state index contributed by atoms with van der Waals surface area (Å²) in [5.74, 6) is -1.22. The molecule has 0 aromatic rings. The molecule has 0 radical (unpaired) electrons. The average molecular weight is 298 g/mol. The lowest BCUT2D eigenvalue weighted by atomic mass is 9.79. The summed E-state index contributed by atoms with van der Waals surface area (Å²) >= 11 is 0. The smallest absolute Gasteiger partial charge is 0.319 e. The molecule has 1 amide bonds. The Morgan fingerprint density at radius 3 is 2.29 bits per heavy atom. The molecule has 5 nitrogen and oxygen atoms in total. The van der Waals surface area contributed by atoms with Crippen molar-refractivity contribution in [1.82, 2.24) is 9.80 Å². The van der Waals surface area contributed by atoms with Crippen LogP contribution < -0.4 is 0 Å². The Kier molecular flexibility index (Phi) is 6.20. The van der Waals surface area contributed by atoms with E-state index >= 15 is 0 Å². The lowest BCUT2D eigenvalue weighted by Crippen LogP contribution is -2.56. The fourth-order valence-corrected chi connectivity index (χ4v) is 2.90. The number of likely N-dealkylation sites (N-methyl/N-ethyl adjacent to an activating group) is 1. The normalized spacial score (nSPS) is 22.0. The van der Waals surface area contributed by atoms with Crippen LogP contribution in [0, 0.1) is 11.3 Å². The molecular formula is C16H30N2O3. The summed E-state index contributed by atoms with van der Waals surface area (Å²) in [6.07, 6.45) is 0. The van der Waals surface area contributed by atoms with Gasteiger partial charge in [0.05, 0.1) is 6.61 Å². The first-order chi connectivity index (χ1) is 9.72. The molecule has 0 N–H and O–H groups in total. The Bertz CT molecular complexity index is 376. The molecule has 0 aromatic carbocycles. The summed E-state index contributed by atoms with van der Waals surface area (Å²) in [5, 5.41) is 0. The summed E-state index contributed by atoms with van der Waals surface area (Å²) in [6, 6.07) is 0.329. The van der Waals surface area contributed by atoms with Crippen LogP contribution in [0.4, 0.5) is 0 Å². The zero-order valence-corrected chi connectivity index (χ0v) is 14.3. The van der Waals surface area contributed by atoms with Crippen molar-refractivity contribution >= 4 is 11.9 Å². The van der Waals surface area contributed by atoms with Crippen molar-refractivity contribution in [2.45, 2.75) is 47.6 Å². The zero-order chi connectivity index (χ0) is 16.2. The van der Waals surface area contributed by atoms with Crippen LogP contribution in [0.3, 0.4) is 0 Å². The van der Waals surface area contributed by atoms with Crippen molar-refractivity contribution in [3.63, 3.8) is 0 Å². The van der Waals surface area contributed by atoms with Gasteiger partial charge in [-0.3, -0.25) is 14.5 Å². The van der Waals surface area contributed by atoms with E-state index in [0.717, 1.165) is 13.1 Å². The fourth-order valence-electron chi connectivity index (χ4n) is 2.90. The molecule has 0 aliphatic carbocycles. The van der Waals surface area contributed by atoms with Gasteiger partial charge in [0, 0.05) is 25.7 Å². The molecule has 0 bridgehead atoms. The molecule has 1 fully saturated rings. The van der Waals surface area contributed by atoms with Gasteiger partial charge in [0.1, 0.15) is 5.92 Å². The quantitative estimate of drug-likeness (QED) is 0.586. The van der Waals surface area contributed by atoms with Gasteiger partial charge in [-0.2, -0.15) is 0 Å². The maximum absolute atomic E-state index is 12.8. The molecule has 1 saturated heterocycles. The summed E-state index contributed by atoms with van der Waals surface area (Å²) in [5.41, 5.74) is -0.436. The molecular weight excluding hydrogens is 268 g/mol. The molecule has 5 heteroatoms. The maximum atomic E-state index is 12.8. The largest absolute Gasteiger partial charge is 0.465 e. The van der Waals surface area contributed by atoms with Crippen molar-refractivity contribution < 1.29 is 14.3 Å². The molecule has 1 aliphatic heterocycles. The van der Waals surface area contributed by atoms with Gasteiger partial charge < -0.3 is 9.64 Å². The maximum Gasteiger partial charge on any atom is 0.319 e. The molecule has 0 spiro atoms. The Labute approximate surface area is 128 Å². The summed E-state index contributed by atoms with van der Waals surface area (Å²) in [4.78, 5) is 29.2. The van der Waals surface area contributed by atoms with Crippen LogP contribution in [0.15, 0.2) is 0 Å². The first-order valence-electron chi connectivity index (χ1n) is 7.91. The lowest BCUT2D eigenvalue weighted by molar-refractivity contribution is -0.161. The minimum atomic E-state index is -0.724. The number of piperazine rings is 1. The van der Waals surface area contributed by atoms with Gasteiger partial charge in [0.25, 0.3) is 0 Å². The van der Waals surface area contributed by atoms with Crippen molar-refractivity contribution in [3.8, 4) is 0 Å². The summed E-state index contributed by atoms with van der Waals surface area (Å²) < 4.78 is 5.11. The van der Waals surface area contributed by atoms with Crippen LogP contribution in [-0.4, -0.2) is 60.5 Å². The lowest BCUT2D eigenvalue weighted by Gasteiger charge is -2.41. The van der Waals surface area contributed by atoms with E-state index in [4.69, 9.17) is 4.74 Å². The highest BCUT2D eigenvalue weighted by Gasteiger charge is 2.42. The van der Waals surface area contributed by atoms with Crippen LogP contribution in [0.2, 0.25) is 0 Å². The van der Waals surface area contributed by atoms with E-state index < -0.39 is 17.3 Å². The number of rotatable bonds is 4. The third-order valence-corrected chi connectivity index (χ3v) is 4.12. The number of ether oxygens (including phenoxy) is 1. The molecule has 1 aliphatic rings. The third-order valence-electron chi connectivity index (χ3n) is 4.12. The van der Waals surface area contributed by atoms with Crippen molar-refractivity contribution in [2.75, 3.05) is 32.8 Å². The van der Waals surface area contributed by atoms with Crippen LogP contribution >= 0.6 is 0 Å². The minimum absolute atomic E-state index is 0.0939. The monoisotopic (exact) mass is 298 g/mol. The molecule has 2 atom stereocenters. The molecule has 122 valence electrons. The molecule has 1 heterocycles. The van der Waals surface area contributed by atoms with Gasteiger partial charge in [-0.1, -0.05) is 27.7 Å². The predicted molar refractivity (Wildman–Crippen MR) is 82.9 cm³/mol. The highest BCUT2D eigenvalue weighted by molar-refractivity contribution is 5.98. The summed E-state index contributed by atoms with van der Waals surface area (Å²) in [6.45, 7) is 15.3. The summed E-state index contributed by atoms with van der Waals surface area (Å²) in [7, 11) is 0. The second kappa shape index (κ2) is 7.25. The van der Waals surface area contributed by atoms with Crippen LogP contribution in [0.25, 0.3) is 0 Å². The Balaban J connectivity index is 2.85. The van der Waals surface area contributed by atoms with Gasteiger partial charge in [0.15, 0.2) is 0 Å². The van der Waals surface area contributed by atoms with E-state index in [9.17, 15) is 9.59 Å². The van der Waals surface area contributed by atoms with Crippen LogP contribution in [0.5, 0.6) is 0 Å².